The van der Waals surface area contributed by atoms with E-state index in [2.05, 4.69) is 5.32 Å². The van der Waals surface area contributed by atoms with Crippen molar-refractivity contribution in [3.8, 4) is 5.69 Å². The molecule has 27 heavy (non-hydrogen) atoms. The molecular weight excluding hydrogens is 336 g/mol. The number of carbonyl (C=O) groups excluding carboxylic acids is 1. The number of benzene rings is 3. The third-order valence-corrected chi connectivity index (χ3v) is 4.47. The molecule has 1 amide bonds. The van der Waals surface area contributed by atoms with E-state index in [1.807, 2.05) is 78.9 Å². The zero-order valence-corrected chi connectivity index (χ0v) is 14.6. The summed E-state index contributed by atoms with van der Waals surface area (Å²) >= 11 is 0. The summed E-state index contributed by atoms with van der Waals surface area (Å²) in [5.74, 6) is -0.200. The molecule has 3 aromatic carbocycles. The average Bonchev–Trinajstić information content (AvgIpc) is 2.73. The summed E-state index contributed by atoms with van der Waals surface area (Å²) in [5, 5.41) is 3.80. The molecule has 0 saturated heterocycles. The van der Waals surface area contributed by atoms with Crippen LogP contribution in [-0.2, 0) is 6.54 Å². The average molecular weight is 354 g/mol. The quantitative estimate of drug-likeness (QED) is 0.604. The van der Waals surface area contributed by atoms with E-state index in [-0.39, 0.29) is 18.0 Å². The molecule has 0 spiro atoms. The van der Waals surface area contributed by atoms with E-state index in [1.54, 1.807) is 16.7 Å². The summed E-state index contributed by atoms with van der Waals surface area (Å²) in [5.41, 5.74) is 2.62. The second-order valence-electron chi connectivity index (χ2n) is 6.25. The van der Waals surface area contributed by atoms with E-state index in [0.29, 0.717) is 11.1 Å². The fourth-order valence-corrected chi connectivity index (χ4v) is 3.14. The number of amides is 1. The van der Waals surface area contributed by atoms with Gasteiger partial charge < -0.3 is 5.32 Å². The zero-order chi connectivity index (χ0) is 18.6. The normalized spacial score (nSPS) is 10.7. The first kappa shape index (κ1) is 16.8. The van der Waals surface area contributed by atoms with Gasteiger partial charge >= 0.3 is 0 Å². The minimum absolute atomic E-state index is 0.131. The number of carbonyl (C=O) groups is 1. The second-order valence-corrected chi connectivity index (χ2v) is 6.25. The summed E-state index contributed by atoms with van der Waals surface area (Å²) in [6.07, 6.45) is 0. The SMILES string of the molecule is O=C(NCc1cc2ccccc2n(-c2ccccc2)c1=O)c1ccccc1. The van der Waals surface area contributed by atoms with Crippen LogP contribution >= 0.6 is 0 Å². The molecule has 0 unspecified atom stereocenters. The lowest BCUT2D eigenvalue weighted by Crippen LogP contribution is -2.29. The number of fused-ring (bicyclic) bond motifs is 1. The van der Waals surface area contributed by atoms with Crippen molar-refractivity contribution in [2.45, 2.75) is 6.54 Å². The van der Waals surface area contributed by atoms with Gasteiger partial charge in [-0.1, -0.05) is 54.6 Å². The molecule has 4 nitrogen and oxygen atoms in total. The summed E-state index contributed by atoms with van der Waals surface area (Å²) in [6.45, 7) is 0.171. The highest BCUT2D eigenvalue weighted by atomic mass is 16.2. The van der Waals surface area contributed by atoms with E-state index in [1.165, 1.54) is 0 Å². The number of hydrogen-bond donors (Lipinski definition) is 1. The van der Waals surface area contributed by atoms with Crippen LogP contribution in [0.5, 0.6) is 0 Å². The Hall–Kier alpha value is -3.66. The van der Waals surface area contributed by atoms with E-state index in [9.17, 15) is 9.59 Å². The molecule has 0 saturated carbocycles. The molecule has 4 rings (SSSR count). The molecule has 4 aromatic rings. The largest absolute Gasteiger partial charge is 0.348 e. The van der Waals surface area contributed by atoms with Gasteiger partial charge in [-0.15, -0.1) is 0 Å². The third-order valence-electron chi connectivity index (χ3n) is 4.47. The second kappa shape index (κ2) is 7.30. The molecule has 0 atom stereocenters. The number of nitrogens with zero attached hydrogens (tertiary/aromatic N) is 1. The zero-order valence-electron chi connectivity index (χ0n) is 14.6. The van der Waals surface area contributed by atoms with Crippen LogP contribution in [0.2, 0.25) is 0 Å². The van der Waals surface area contributed by atoms with Gasteiger partial charge in [0.2, 0.25) is 0 Å². The molecule has 1 heterocycles. The molecule has 0 fully saturated rings. The van der Waals surface area contributed by atoms with Crippen LogP contribution in [0.25, 0.3) is 16.6 Å². The van der Waals surface area contributed by atoms with Crippen molar-refractivity contribution in [1.82, 2.24) is 9.88 Å². The molecule has 1 N–H and O–H groups in total. The van der Waals surface area contributed by atoms with E-state index in [4.69, 9.17) is 0 Å². The number of hydrogen-bond acceptors (Lipinski definition) is 2. The molecular formula is C23H18N2O2. The lowest BCUT2D eigenvalue weighted by Gasteiger charge is -2.13. The Kier molecular flexibility index (Phi) is 4.54. The minimum Gasteiger partial charge on any atom is -0.348 e. The summed E-state index contributed by atoms with van der Waals surface area (Å²) in [4.78, 5) is 25.5. The molecule has 0 bridgehead atoms. The first-order valence-electron chi connectivity index (χ1n) is 8.76. The summed E-state index contributed by atoms with van der Waals surface area (Å²) < 4.78 is 1.69. The highest BCUT2D eigenvalue weighted by molar-refractivity contribution is 5.94. The van der Waals surface area contributed by atoms with Crippen LogP contribution in [0, 0.1) is 0 Å². The molecule has 132 valence electrons. The first-order valence-corrected chi connectivity index (χ1v) is 8.76. The molecule has 4 heteroatoms. The van der Waals surface area contributed by atoms with Crippen molar-refractivity contribution in [3.63, 3.8) is 0 Å². The smallest absolute Gasteiger partial charge is 0.260 e. The number of nitrogens with one attached hydrogen (secondary N) is 1. The summed E-state index contributed by atoms with van der Waals surface area (Å²) in [6, 6.07) is 28.1. The first-order chi connectivity index (χ1) is 13.2. The highest BCUT2D eigenvalue weighted by Gasteiger charge is 2.12. The highest BCUT2D eigenvalue weighted by Crippen LogP contribution is 2.17. The van der Waals surface area contributed by atoms with Gasteiger partial charge in [0.1, 0.15) is 0 Å². The monoisotopic (exact) mass is 354 g/mol. The molecule has 0 aliphatic heterocycles. The van der Waals surface area contributed by atoms with E-state index in [0.717, 1.165) is 16.6 Å². The van der Waals surface area contributed by atoms with Crippen LogP contribution < -0.4 is 10.9 Å². The minimum atomic E-state index is -0.200. The van der Waals surface area contributed by atoms with Gasteiger partial charge in [-0.3, -0.25) is 14.2 Å². The summed E-state index contributed by atoms with van der Waals surface area (Å²) in [7, 11) is 0. The molecule has 0 radical (unpaired) electrons. The maximum Gasteiger partial charge on any atom is 0.260 e. The molecule has 0 aliphatic carbocycles. The fourth-order valence-electron chi connectivity index (χ4n) is 3.14. The van der Waals surface area contributed by atoms with Crippen LogP contribution in [-0.4, -0.2) is 10.5 Å². The number of pyridine rings is 1. The van der Waals surface area contributed by atoms with Crippen molar-refractivity contribution in [2.75, 3.05) is 0 Å². The van der Waals surface area contributed by atoms with Crippen molar-refractivity contribution in [1.29, 1.82) is 0 Å². The van der Waals surface area contributed by atoms with Gasteiger partial charge in [-0.2, -0.15) is 0 Å². The Morgan fingerprint density at radius 3 is 2.19 bits per heavy atom. The van der Waals surface area contributed by atoms with Gasteiger partial charge in [0.15, 0.2) is 0 Å². The van der Waals surface area contributed by atoms with Gasteiger partial charge in [-0.05, 0) is 41.8 Å². The van der Waals surface area contributed by atoms with Gasteiger partial charge in [-0.25, -0.2) is 0 Å². The van der Waals surface area contributed by atoms with Crippen molar-refractivity contribution in [3.05, 3.63) is 112 Å². The Morgan fingerprint density at radius 2 is 1.44 bits per heavy atom. The third kappa shape index (κ3) is 3.37. The maximum atomic E-state index is 13.1. The Labute approximate surface area is 156 Å². The molecule has 0 aliphatic rings. The fraction of sp³-hybridized carbons (Fsp3) is 0.0435. The molecule has 1 aromatic heterocycles. The van der Waals surface area contributed by atoms with Crippen LogP contribution in [0.4, 0.5) is 0 Å². The van der Waals surface area contributed by atoms with Crippen molar-refractivity contribution >= 4 is 16.8 Å². The van der Waals surface area contributed by atoms with E-state index >= 15 is 0 Å². The Bertz CT molecular complexity index is 1150. The van der Waals surface area contributed by atoms with Crippen LogP contribution in [0.3, 0.4) is 0 Å². The Morgan fingerprint density at radius 1 is 0.815 bits per heavy atom. The topological polar surface area (TPSA) is 51.1 Å². The van der Waals surface area contributed by atoms with Gasteiger partial charge in [0.25, 0.3) is 11.5 Å². The van der Waals surface area contributed by atoms with E-state index < -0.39 is 0 Å². The lowest BCUT2D eigenvalue weighted by molar-refractivity contribution is 0.0951. The van der Waals surface area contributed by atoms with Gasteiger partial charge in [0.05, 0.1) is 5.52 Å². The predicted molar refractivity (Wildman–Crippen MR) is 107 cm³/mol. The number of aromatic nitrogens is 1. The van der Waals surface area contributed by atoms with Gasteiger partial charge in [0, 0.05) is 23.4 Å². The predicted octanol–water partition coefficient (Wildman–Crippen LogP) is 3.92. The number of rotatable bonds is 4. The standard InChI is InChI=1S/C23H18N2O2/c26-22(17-9-3-1-4-10-17)24-16-19-15-18-11-7-8-14-21(18)25(23(19)27)20-12-5-2-6-13-20/h1-15H,16H2,(H,24,26). The van der Waals surface area contributed by atoms with Crippen LogP contribution in [0.15, 0.2) is 95.8 Å². The lowest BCUT2D eigenvalue weighted by atomic mass is 10.1. The van der Waals surface area contributed by atoms with Crippen molar-refractivity contribution in [2.24, 2.45) is 0 Å². The van der Waals surface area contributed by atoms with Crippen LogP contribution in [0.1, 0.15) is 15.9 Å². The maximum absolute atomic E-state index is 13.1. The number of para-hydroxylation sites is 2. The Balaban J connectivity index is 1.75. The van der Waals surface area contributed by atoms with Crippen molar-refractivity contribution < 1.29 is 4.79 Å².